The predicted molar refractivity (Wildman–Crippen MR) is 135 cm³/mol. The van der Waals surface area contributed by atoms with E-state index in [2.05, 4.69) is 15.8 Å². The Morgan fingerprint density at radius 3 is 2.35 bits per heavy atom. The van der Waals surface area contributed by atoms with Crippen molar-refractivity contribution in [3.05, 3.63) is 100 Å². The van der Waals surface area contributed by atoms with E-state index >= 15 is 0 Å². The van der Waals surface area contributed by atoms with E-state index in [1.165, 1.54) is 11.8 Å². The highest BCUT2D eigenvalue weighted by atomic mass is 35.5. The third-order valence-electron chi connectivity index (χ3n) is 5.15. The summed E-state index contributed by atoms with van der Waals surface area (Å²) in [7, 11) is 0. The molecule has 1 unspecified atom stereocenters. The van der Waals surface area contributed by atoms with Gasteiger partial charge in [0.2, 0.25) is 0 Å². The summed E-state index contributed by atoms with van der Waals surface area (Å²) in [5.41, 5.74) is 5.92. The smallest absolute Gasteiger partial charge is 0.262 e. The van der Waals surface area contributed by atoms with Gasteiger partial charge < -0.3 is 10.1 Å². The third kappa shape index (κ3) is 7.18. The lowest BCUT2D eigenvalue weighted by Gasteiger charge is -2.20. The second kappa shape index (κ2) is 12.0. The Bertz CT molecular complexity index is 1140. The first kappa shape index (κ1) is 25.0. The number of amides is 2. The number of carbonyl (C=O) groups excluding carboxylic acids is 2. The molecule has 2 amide bonds. The van der Waals surface area contributed by atoms with Gasteiger partial charge in [-0.15, -0.1) is 0 Å². The van der Waals surface area contributed by atoms with Gasteiger partial charge in [-0.1, -0.05) is 67.4 Å². The minimum Gasteiger partial charge on any atom is -0.488 e. The van der Waals surface area contributed by atoms with E-state index in [-0.39, 0.29) is 11.8 Å². The second-order valence-corrected chi connectivity index (χ2v) is 8.68. The molecule has 0 bridgehead atoms. The maximum atomic E-state index is 12.7. The number of benzene rings is 3. The number of rotatable bonds is 9. The molecule has 0 spiro atoms. The highest BCUT2D eigenvalue weighted by Gasteiger charge is 2.24. The van der Waals surface area contributed by atoms with Gasteiger partial charge in [0.05, 0.1) is 6.21 Å². The molecule has 7 heteroatoms. The van der Waals surface area contributed by atoms with Crippen LogP contribution in [-0.2, 0) is 11.4 Å². The Kier molecular flexibility index (Phi) is 8.82. The molecule has 2 N–H and O–H groups in total. The molecule has 6 nitrogen and oxygen atoms in total. The summed E-state index contributed by atoms with van der Waals surface area (Å²) < 4.78 is 5.95. The summed E-state index contributed by atoms with van der Waals surface area (Å²) in [5, 5.41) is 7.39. The van der Waals surface area contributed by atoms with Crippen molar-refractivity contribution in [2.24, 2.45) is 11.0 Å². The molecule has 176 valence electrons. The molecule has 0 saturated carbocycles. The second-order valence-electron chi connectivity index (χ2n) is 8.25. The summed E-state index contributed by atoms with van der Waals surface area (Å²) in [6.07, 6.45) is 1.53. The number of hydrogen-bond acceptors (Lipinski definition) is 4. The number of hydrazone groups is 1. The number of aryl methyl sites for hydroxylation is 1. The molecule has 0 heterocycles. The van der Waals surface area contributed by atoms with Crippen LogP contribution in [0.15, 0.2) is 77.9 Å². The fraction of sp³-hybridized carbons (Fsp3) is 0.222. The maximum absolute atomic E-state index is 12.7. The number of nitrogens with zero attached hydrogens (tertiary/aromatic N) is 1. The van der Waals surface area contributed by atoms with Crippen LogP contribution in [0, 0.1) is 12.8 Å². The summed E-state index contributed by atoms with van der Waals surface area (Å²) >= 11 is 5.88. The molecule has 0 aliphatic carbocycles. The first-order valence-electron chi connectivity index (χ1n) is 11.0. The average Bonchev–Trinajstić information content (AvgIpc) is 2.83. The molecule has 1 atom stereocenters. The van der Waals surface area contributed by atoms with Crippen molar-refractivity contribution in [3.8, 4) is 5.75 Å². The highest BCUT2D eigenvalue weighted by molar-refractivity contribution is 6.30. The Morgan fingerprint density at radius 1 is 1.00 bits per heavy atom. The van der Waals surface area contributed by atoms with E-state index in [1.54, 1.807) is 24.3 Å². The summed E-state index contributed by atoms with van der Waals surface area (Å²) in [5.74, 6) is -0.259. The molecule has 3 aromatic carbocycles. The topological polar surface area (TPSA) is 79.8 Å². The van der Waals surface area contributed by atoms with Crippen LogP contribution < -0.4 is 15.5 Å². The van der Waals surface area contributed by atoms with E-state index in [1.807, 2.05) is 69.3 Å². The van der Waals surface area contributed by atoms with Crippen molar-refractivity contribution in [3.63, 3.8) is 0 Å². The average molecular weight is 478 g/mol. The molecule has 0 aliphatic rings. The number of para-hydroxylation sites is 1. The standard InChI is InChI=1S/C27H28ClN3O3/c1-18(2)25(30-26(32)21-12-14-23(28)15-13-21)27(33)31-29-16-22-6-4-5-7-24(22)34-17-20-10-8-19(3)9-11-20/h4-16,18,25H,17H2,1-3H3,(H,30,32)(H,31,33). The van der Waals surface area contributed by atoms with Gasteiger partial charge in [0, 0.05) is 16.1 Å². The lowest BCUT2D eigenvalue weighted by Crippen LogP contribution is -2.48. The zero-order valence-electron chi connectivity index (χ0n) is 19.4. The van der Waals surface area contributed by atoms with Crippen LogP contribution in [0.25, 0.3) is 0 Å². The minimum atomic E-state index is -0.756. The number of halogens is 1. The third-order valence-corrected chi connectivity index (χ3v) is 5.41. The number of hydrogen-bond donors (Lipinski definition) is 2. The van der Waals surface area contributed by atoms with E-state index in [0.717, 1.165) is 11.1 Å². The molecule has 0 saturated heterocycles. The van der Waals surface area contributed by atoms with Crippen LogP contribution in [0.3, 0.4) is 0 Å². The summed E-state index contributed by atoms with van der Waals surface area (Å²) in [6.45, 7) is 6.16. The van der Waals surface area contributed by atoms with Gasteiger partial charge in [0.15, 0.2) is 0 Å². The van der Waals surface area contributed by atoms with Crippen LogP contribution in [0.1, 0.15) is 40.9 Å². The number of nitrogens with one attached hydrogen (secondary N) is 2. The molecule has 3 rings (SSSR count). The van der Waals surface area contributed by atoms with Crippen molar-refractivity contribution >= 4 is 29.6 Å². The molecule has 0 aromatic heterocycles. The molecule has 34 heavy (non-hydrogen) atoms. The fourth-order valence-corrected chi connectivity index (χ4v) is 3.29. The normalized spacial score (nSPS) is 11.9. The van der Waals surface area contributed by atoms with Gasteiger partial charge in [-0.2, -0.15) is 5.10 Å². The molecule has 0 radical (unpaired) electrons. The Morgan fingerprint density at radius 2 is 1.68 bits per heavy atom. The van der Waals surface area contributed by atoms with Crippen LogP contribution >= 0.6 is 11.6 Å². The Labute approximate surface area is 205 Å². The lowest BCUT2D eigenvalue weighted by atomic mass is 10.0. The van der Waals surface area contributed by atoms with E-state index in [4.69, 9.17) is 16.3 Å². The van der Waals surface area contributed by atoms with Gasteiger partial charge >= 0.3 is 0 Å². The van der Waals surface area contributed by atoms with Crippen LogP contribution in [-0.4, -0.2) is 24.1 Å². The number of ether oxygens (including phenoxy) is 1. The molecular weight excluding hydrogens is 450 g/mol. The number of carbonyl (C=O) groups is 2. The van der Waals surface area contributed by atoms with Gasteiger partial charge in [0.1, 0.15) is 18.4 Å². The van der Waals surface area contributed by atoms with Gasteiger partial charge in [0.25, 0.3) is 11.8 Å². The maximum Gasteiger partial charge on any atom is 0.262 e. The van der Waals surface area contributed by atoms with Gasteiger partial charge in [-0.25, -0.2) is 5.43 Å². The van der Waals surface area contributed by atoms with Gasteiger partial charge in [-0.3, -0.25) is 9.59 Å². The van der Waals surface area contributed by atoms with Crippen molar-refractivity contribution in [1.82, 2.24) is 10.7 Å². The molecule has 0 aliphatic heterocycles. The summed E-state index contributed by atoms with van der Waals surface area (Å²) in [6, 6.07) is 21.3. The van der Waals surface area contributed by atoms with Crippen LogP contribution in [0.5, 0.6) is 5.75 Å². The SMILES string of the molecule is Cc1ccc(COc2ccccc2C=NNC(=O)C(NC(=O)c2ccc(Cl)cc2)C(C)C)cc1. The van der Waals surface area contributed by atoms with Gasteiger partial charge in [-0.05, 0) is 54.8 Å². The van der Waals surface area contributed by atoms with Crippen molar-refractivity contribution in [1.29, 1.82) is 0 Å². The molecule has 3 aromatic rings. The van der Waals surface area contributed by atoms with Crippen molar-refractivity contribution in [2.45, 2.75) is 33.4 Å². The zero-order chi connectivity index (χ0) is 24.5. The monoisotopic (exact) mass is 477 g/mol. The fourth-order valence-electron chi connectivity index (χ4n) is 3.16. The van der Waals surface area contributed by atoms with Crippen LogP contribution in [0.2, 0.25) is 5.02 Å². The van der Waals surface area contributed by atoms with E-state index in [9.17, 15) is 9.59 Å². The molecule has 0 fully saturated rings. The minimum absolute atomic E-state index is 0.142. The zero-order valence-corrected chi connectivity index (χ0v) is 20.2. The van der Waals surface area contributed by atoms with E-state index < -0.39 is 11.9 Å². The van der Waals surface area contributed by atoms with Crippen molar-refractivity contribution in [2.75, 3.05) is 0 Å². The highest BCUT2D eigenvalue weighted by Crippen LogP contribution is 2.18. The van der Waals surface area contributed by atoms with Crippen molar-refractivity contribution < 1.29 is 14.3 Å². The molecular formula is C27H28ClN3O3. The first-order chi connectivity index (χ1) is 16.3. The quantitative estimate of drug-likeness (QED) is 0.331. The largest absolute Gasteiger partial charge is 0.488 e. The first-order valence-corrected chi connectivity index (χ1v) is 11.4. The Hall–Kier alpha value is -3.64. The predicted octanol–water partition coefficient (Wildman–Crippen LogP) is 5.13. The lowest BCUT2D eigenvalue weighted by molar-refractivity contribution is -0.123. The Balaban J connectivity index is 1.61. The summed E-state index contributed by atoms with van der Waals surface area (Å²) in [4.78, 5) is 25.3. The van der Waals surface area contributed by atoms with Crippen LogP contribution in [0.4, 0.5) is 0 Å². The van der Waals surface area contributed by atoms with E-state index in [0.29, 0.717) is 22.9 Å².